The van der Waals surface area contributed by atoms with Crippen LogP contribution in [0, 0.1) is 0 Å². The predicted octanol–water partition coefficient (Wildman–Crippen LogP) is 1.25. The van der Waals surface area contributed by atoms with E-state index in [9.17, 15) is 25.9 Å². The van der Waals surface area contributed by atoms with Crippen molar-refractivity contribution >= 4 is 25.9 Å². The number of anilines is 1. The van der Waals surface area contributed by atoms with E-state index in [1.807, 2.05) is 18.7 Å². The highest BCUT2D eigenvalue weighted by Crippen LogP contribution is 2.45. The van der Waals surface area contributed by atoms with Gasteiger partial charge in [0.1, 0.15) is 5.75 Å². The number of hydrogen-bond donors (Lipinski definition) is 0. The second-order valence-corrected chi connectivity index (χ2v) is 10.1. The van der Waals surface area contributed by atoms with E-state index in [2.05, 4.69) is 0 Å². The topological polar surface area (TPSA) is 127 Å². The maximum Gasteiger partial charge on any atom is 0.120 e. The molecule has 2 rings (SSSR count). The van der Waals surface area contributed by atoms with Gasteiger partial charge >= 0.3 is 0 Å². The Bertz CT molecular complexity index is 863. The molecule has 0 N–H and O–H groups in total. The lowest BCUT2D eigenvalue weighted by Crippen LogP contribution is -2.50. The van der Waals surface area contributed by atoms with Gasteiger partial charge in [0, 0.05) is 41.3 Å². The van der Waals surface area contributed by atoms with E-state index in [0.717, 1.165) is 0 Å². The van der Waals surface area contributed by atoms with Crippen molar-refractivity contribution in [3.63, 3.8) is 0 Å². The fourth-order valence-electron chi connectivity index (χ4n) is 3.60. The van der Waals surface area contributed by atoms with Gasteiger partial charge in [-0.15, -0.1) is 0 Å². The quantitative estimate of drug-likeness (QED) is 0.620. The van der Waals surface area contributed by atoms with Crippen molar-refractivity contribution in [2.45, 2.75) is 38.1 Å². The van der Waals surface area contributed by atoms with Gasteiger partial charge < -0.3 is 18.7 Å². The van der Waals surface area contributed by atoms with Crippen LogP contribution >= 0.6 is 0 Å². The van der Waals surface area contributed by atoms with Crippen molar-refractivity contribution in [2.24, 2.45) is 0 Å². The molecular formula is C16H23NO7S2-2. The average Bonchev–Trinajstić information content (AvgIpc) is 2.46. The first kappa shape index (κ1) is 20.9. The summed E-state index contributed by atoms with van der Waals surface area (Å²) in [7, 11) is -7.21. The van der Waals surface area contributed by atoms with Crippen molar-refractivity contribution < 1.29 is 30.7 Å². The molecule has 8 nitrogen and oxygen atoms in total. The van der Waals surface area contributed by atoms with Crippen LogP contribution in [0.2, 0.25) is 0 Å². The standard InChI is InChI=1S/C16H25NO7S2/c1-16(2)10-12(11-26(21,22)23)14-6-5-13(24-3)9-15(14)17(16)7-4-8-25(18,19)20/h5-6,9,12H,4,7-8,10-11H2,1-3H3,(H,18,19,20)(H,21,22,23)/p-2. The molecule has 1 aliphatic heterocycles. The highest BCUT2D eigenvalue weighted by molar-refractivity contribution is 7.85. The molecule has 26 heavy (non-hydrogen) atoms. The second kappa shape index (κ2) is 7.34. The first-order valence-electron chi connectivity index (χ1n) is 8.15. The van der Waals surface area contributed by atoms with Gasteiger partial charge in [-0.2, -0.15) is 0 Å². The van der Waals surface area contributed by atoms with E-state index in [1.165, 1.54) is 7.11 Å². The summed E-state index contributed by atoms with van der Waals surface area (Å²) >= 11 is 0. The number of nitrogens with zero attached hydrogens (tertiary/aromatic N) is 1. The first-order chi connectivity index (χ1) is 11.8. The molecule has 0 saturated carbocycles. The Kier molecular flexibility index (Phi) is 5.91. The summed E-state index contributed by atoms with van der Waals surface area (Å²) in [6.45, 7) is 4.10. The van der Waals surface area contributed by atoms with E-state index in [-0.39, 0.29) is 6.42 Å². The fourth-order valence-corrected chi connectivity index (χ4v) is 4.87. The number of benzene rings is 1. The van der Waals surface area contributed by atoms with Crippen LogP contribution in [0.15, 0.2) is 18.2 Å². The van der Waals surface area contributed by atoms with Crippen molar-refractivity contribution in [3.05, 3.63) is 23.8 Å². The summed E-state index contributed by atoms with van der Waals surface area (Å²) in [4.78, 5) is 1.95. The van der Waals surface area contributed by atoms with Crippen LogP contribution in [0.25, 0.3) is 0 Å². The Hall–Kier alpha value is -1.36. The Balaban J connectivity index is 2.42. The molecule has 148 valence electrons. The summed E-state index contributed by atoms with van der Waals surface area (Å²) in [5.74, 6) is -0.880. The minimum atomic E-state index is -4.41. The lowest BCUT2D eigenvalue weighted by Gasteiger charge is -2.48. The maximum atomic E-state index is 11.3. The number of hydrogen-bond acceptors (Lipinski definition) is 8. The molecule has 1 aromatic carbocycles. The van der Waals surface area contributed by atoms with Crippen LogP contribution in [0.4, 0.5) is 5.69 Å². The molecule has 1 heterocycles. The zero-order chi connectivity index (χ0) is 19.8. The molecule has 0 saturated heterocycles. The molecule has 0 amide bonds. The minimum absolute atomic E-state index is 0.149. The van der Waals surface area contributed by atoms with Crippen molar-refractivity contribution in [1.29, 1.82) is 0 Å². The monoisotopic (exact) mass is 405 g/mol. The first-order valence-corrected chi connectivity index (χ1v) is 11.3. The van der Waals surface area contributed by atoms with Crippen LogP contribution in [0.3, 0.4) is 0 Å². The third kappa shape index (κ3) is 5.32. The number of methoxy groups -OCH3 is 1. The zero-order valence-electron chi connectivity index (χ0n) is 15.0. The molecule has 0 spiro atoms. The van der Waals surface area contributed by atoms with E-state index < -0.39 is 43.2 Å². The maximum absolute atomic E-state index is 11.3. The summed E-state index contributed by atoms with van der Waals surface area (Å²) in [5.41, 5.74) is 0.869. The van der Waals surface area contributed by atoms with Crippen LogP contribution in [0.5, 0.6) is 5.75 Å². The lowest BCUT2D eigenvalue weighted by atomic mass is 9.80. The third-order valence-corrected chi connectivity index (χ3v) is 6.23. The van der Waals surface area contributed by atoms with Gasteiger partial charge in [0.2, 0.25) is 0 Å². The van der Waals surface area contributed by atoms with Crippen LogP contribution in [-0.2, 0) is 20.2 Å². The summed E-state index contributed by atoms with van der Waals surface area (Å²) in [6, 6.07) is 5.17. The van der Waals surface area contributed by atoms with Crippen molar-refractivity contribution in [1.82, 2.24) is 0 Å². The molecule has 1 unspecified atom stereocenters. The smallest absolute Gasteiger partial charge is 0.120 e. The second-order valence-electron chi connectivity index (χ2n) is 7.13. The molecule has 1 aromatic rings. The minimum Gasteiger partial charge on any atom is -0.748 e. The van der Waals surface area contributed by atoms with Gasteiger partial charge in [0.25, 0.3) is 0 Å². The Labute approximate surface area is 154 Å². The molecule has 0 radical (unpaired) electrons. The zero-order valence-corrected chi connectivity index (χ0v) is 16.6. The van der Waals surface area contributed by atoms with Crippen molar-refractivity contribution in [2.75, 3.05) is 30.1 Å². The van der Waals surface area contributed by atoms with Gasteiger partial charge in [-0.1, -0.05) is 6.07 Å². The van der Waals surface area contributed by atoms with Gasteiger partial charge in [0.05, 0.1) is 27.3 Å². The lowest BCUT2D eigenvalue weighted by molar-refractivity contribution is 0.367. The van der Waals surface area contributed by atoms with E-state index in [0.29, 0.717) is 30.0 Å². The SMILES string of the molecule is COc1ccc2c(c1)N(CCCS(=O)(=O)[O-])C(C)(C)CC2CS(=O)(=O)[O-]. The van der Waals surface area contributed by atoms with Crippen LogP contribution in [0.1, 0.15) is 38.2 Å². The molecular weight excluding hydrogens is 382 g/mol. The molecule has 10 heteroatoms. The van der Waals surface area contributed by atoms with E-state index in [1.54, 1.807) is 18.2 Å². The van der Waals surface area contributed by atoms with E-state index in [4.69, 9.17) is 4.74 Å². The van der Waals surface area contributed by atoms with Gasteiger partial charge in [-0.05, 0) is 38.3 Å². The Morgan fingerprint density at radius 3 is 2.38 bits per heavy atom. The average molecular weight is 405 g/mol. The van der Waals surface area contributed by atoms with Gasteiger partial charge in [-0.25, -0.2) is 16.8 Å². The van der Waals surface area contributed by atoms with Crippen molar-refractivity contribution in [3.8, 4) is 5.75 Å². The molecule has 0 aliphatic carbocycles. The number of rotatable bonds is 7. The normalized spacial score (nSPS) is 19.9. The summed E-state index contributed by atoms with van der Waals surface area (Å²) < 4.78 is 71.9. The Morgan fingerprint density at radius 2 is 1.85 bits per heavy atom. The fraction of sp³-hybridized carbons (Fsp3) is 0.625. The molecule has 0 fully saturated rings. The molecule has 1 atom stereocenters. The number of fused-ring (bicyclic) bond motifs is 1. The summed E-state index contributed by atoms with van der Waals surface area (Å²) in [5, 5.41) is 0. The van der Waals surface area contributed by atoms with Crippen LogP contribution < -0.4 is 9.64 Å². The largest absolute Gasteiger partial charge is 0.748 e. The van der Waals surface area contributed by atoms with E-state index >= 15 is 0 Å². The third-order valence-electron chi connectivity index (χ3n) is 4.63. The predicted molar refractivity (Wildman–Crippen MR) is 95.5 cm³/mol. The number of ether oxygens (including phenoxy) is 1. The van der Waals surface area contributed by atoms with Gasteiger partial charge in [-0.3, -0.25) is 0 Å². The Morgan fingerprint density at radius 1 is 1.19 bits per heavy atom. The van der Waals surface area contributed by atoms with Gasteiger partial charge in [0.15, 0.2) is 0 Å². The molecule has 0 bridgehead atoms. The van der Waals surface area contributed by atoms with Crippen LogP contribution in [-0.4, -0.2) is 56.6 Å². The summed E-state index contributed by atoms with van der Waals surface area (Å²) in [6.07, 6.45) is 0.564. The highest BCUT2D eigenvalue weighted by atomic mass is 32.2. The molecule has 0 aromatic heterocycles. The highest BCUT2D eigenvalue weighted by Gasteiger charge is 2.38. The molecule has 1 aliphatic rings.